The summed E-state index contributed by atoms with van der Waals surface area (Å²) >= 11 is 11.0. The minimum absolute atomic E-state index is 0.0752. The summed E-state index contributed by atoms with van der Waals surface area (Å²) < 4.78 is 16.0. The maximum atomic E-state index is 12.3. The van der Waals surface area contributed by atoms with Crippen LogP contribution in [0.4, 0.5) is 0 Å². The summed E-state index contributed by atoms with van der Waals surface area (Å²) in [4.78, 5) is 24.1. The van der Waals surface area contributed by atoms with E-state index in [1.807, 2.05) is 6.92 Å². The third-order valence-electron chi connectivity index (χ3n) is 3.53. The van der Waals surface area contributed by atoms with Crippen LogP contribution in [-0.2, 0) is 9.53 Å². The Bertz CT molecular complexity index is 881. The molecule has 160 valence electrons. The predicted octanol–water partition coefficient (Wildman–Crippen LogP) is 2.47. The van der Waals surface area contributed by atoms with E-state index < -0.39 is 11.8 Å². The Morgan fingerprint density at radius 1 is 1.03 bits per heavy atom. The third kappa shape index (κ3) is 8.24. The average molecular weight is 452 g/mol. The zero-order valence-corrected chi connectivity index (χ0v) is 17.8. The first-order valence-corrected chi connectivity index (χ1v) is 9.86. The first-order chi connectivity index (χ1) is 14.5. The Kier molecular flexibility index (Phi) is 9.85. The molecule has 2 amide bonds. The van der Waals surface area contributed by atoms with Gasteiger partial charge in [0.25, 0.3) is 11.8 Å². The molecule has 0 fully saturated rings. The molecular formula is C20H22ClN3O5S. The highest BCUT2D eigenvalue weighted by atomic mass is 35.5. The highest BCUT2D eigenvalue weighted by Crippen LogP contribution is 2.22. The SMILES string of the molecule is CCOCCOc1cccc(C(=O)NC(=S)NNC(=O)COc2ccccc2Cl)c1. The molecule has 0 saturated heterocycles. The maximum absolute atomic E-state index is 12.3. The van der Waals surface area contributed by atoms with Crippen molar-refractivity contribution >= 4 is 40.7 Å². The molecule has 0 unspecified atom stereocenters. The summed E-state index contributed by atoms with van der Waals surface area (Å²) in [6.07, 6.45) is 0. The number of nitrogens with one attached hydrogen (secondary N) is 3. The van der Waals surface area contributed by atoms with Gasteiger partial charge in [-0.2, -0.15) is 0 Å². The highest BCUT2D eigenvalue weighted by Gasteiger charge is 2.10. The molecule has 0 heterocycles. The standard InChI is InChI=1S/C20H22ClN3O5S/c1-2-27-10-11-28-15-7-5-6-14(12-15)19(26)22-20(30)24-23-18(25)13-29-17-9-4-3-8-16(17)21/h3-9,12H,2,10-11,13H2,1H3,(H,23,25)(H2,22,24,26,30). The largest absolute Gasteiger partial charge is 0.491 e. The molecule has 10 heteroatoms. The van der Waals surface area contributed by atoms with E-state index >= 15 is 0 Å². The number of carbonyl (C=O) groups is 2. The van der Waals surface area contributed by atoms with Crippen LogP contribution in [0.1, 0.15) is 17.3 Å². The summed E-state index contributed by atoms with van der Waals surface area (Å²) in [5.74, 6) is -0.0413. The van der Waals surface area contributed by atoms with Gasteiger partial charge in [0.05, 0.1) is 11.6 Å². The van der Waals surface area contributed by atoms with E-state index in [1.54, 1.807) is 48.5 Å². The molecule has 30 heavy (non-hydrogen) atoms. The van der Waals surface area contributed by atoms with Crippen LogP contribution in [0.15, 0.2) is 48.5 Å². The molecule has 0 aliphatic rings. The Labute approximate surface area is 184 Å². The van der Waals surface area contributed by atoms with E-state index in [4.69, 9.17) is 38.0 Å². The van der Waals surface area contributed by atoms with Gasteiger partial charge in [-0.1, -0.05) is 29.8 Å². The Morgan fingerprint density at radius 2 is 1.83 bits per heavy atom. The van der Waals surface area contributed by atoms with Gasteiger partial charge >= 0.3 is 0 Å². The summed E-state index contributed by atoms with van der Waals surface area (Å²) in [5, 5.41) is 2.78. The van der Waals surface area contributed by atoms with Crippen LogP contribution in [0.25, 0.3) is 0 Å². The molecule has 2 aromatic rings. The van der Waals surface area contributed by atoms with Gasteiger partial charge in [0.1, 0.15) is 18.1 Å². The number of hydrogen-bond acceptors (Lipinski definition) is 6. The molecule has 0 aliphatic heterocycles. The fraction of sp³-hybridized carbons (Fsp3) is 0.250. The van der Waals surface area contributed by atoms with Gasteiger partial charge in [0, 0.05) is 12.2 Å². The van der Waals surface area contributed by atoms with E-state index in [2.05, 4.69) is 16.2 Å². The van der Waals surface area contributed by atoms with Crippen LogP contribution in [0.5, 0.6) is 11.5 Å². The molecule has 0 aromatic heterocycles. The normalized spacial score (nSPS) is 10.1. The lowest BCUT2D eigenvalue weighted by Gasteiger charge is -2.12. The number of hydrogen-bond donors (Lipinski definition) is 3. The van der Waals surface area contributed by atoms with E-state index in [0.717, 1.165) is 0 Å². The molecule has 2 aromatic carbocycles. The monoisotopic (exact) mass is 451 g/mol. The predicted molar refractivity (Wildman–Crippen MR) is 117 cm³/mol. The summed E-state index contributed by atoms with van der Waals surface area (Å²) in [7, 11) is 0. The molecule has 0 saturated carbocycles. The van der Waals surface area contributed by atoms with E-state index in [-0.39, 0.29) is 11.7 Å². The summed E-state index contributed by atoms with van der Waals surface area (Å²) in [6, 6.07) is 13.4. The van der Waals surface area contributed by atoms with Crippen molar-refractivity contribution in [3.05, 3.63) is 59.1 Å². The maximum Gasteiger partial charge on any atom is 0.276 e. The van der Waals surface area contributed by atoms with Crippen molar-refractivity contribution in [1.82, 2.24) is 16.2 Å². The zero-order valence-electron chi connectivity index (χ0n) is 16.3. The van der Waals surface area contributed by atoms with Crippen LogP contribution in [-0.4, -0.2) is 43.4 Å². The first-order valence-electron chi connectivity index (χ1n) is 9.07. The quantitative estimate of drug-likeness (QED) is 0.306. The molecule has 2 rings (SSSR count). The van der Waals surface area contributed by atoms with Gasteiger partial charge in [-0.3, -0.25) is 25.8 Å². The second-order valence-corrected chi connectivity index (χ2v) is 6.56. The van der Waals surface area contributed by atoms with Crippen molar-refractivity contribution in [1.29, 1.82) is 0 Å². The van der Waals surface area contributed by atoms with Crippen LogP contribution in [0.2, 0.25) is 5.02 Å². The Morgan fingerprint density at radius 3 is 2.60 bits per heavy atom. The summed E-state index contributed by atoms with van der Waals surface area (Å²) in [6.45, 7) is 3.06. The molecule has 8 nitrogen and oxygen atoms in total. The second kappa shape index (κ2) is 12.6. The fourth-order valence-corrected chi connectivity index (χ4v) is 2.50. The van der Waals surface area contributed by atoms with Crippen LogP contribution >= 0.6 is 23.8 Å². The van der Waals surface area contributed by atoms with E-state index in [0.29, 0.717) is 41.9 Å². The molecule has 0 spiro atoms. The zero-order chi connectivity index (χ0) is 21.8. The van der Waals surface area contributed by atoms with Gasteiger partial charge in [-0.25, -0.2) is 0 Å². The lowest BCUT2D eigenvalue weighted by Crippen LogP contribution is -2.49. The number of benzene rings is 2. The van der Waals surface area contributed by atoms with Gasteiger partial charge in [0.2, 0.25) is 0 Å². The molecule has 0 bridgehead atoms. The second-order valence-electron chi connectivity index (χ2n) is 5.75. The van der Waals surface area contributed by atoms with Crippen molar-refractivity contribution in [2.75, 3.05) is 26.4 Å². The van der Waals surface area contributed by atoms with E-state index in [9.17, 15) is 9.59 Å². The fourth-order valence-electron chi connectivity index (χ4n) is 2.16. The lowest BCUT2D eigenvalue weighted by atomic mass is 10.2. The van der Waals surface area contributed by atoms with Crippen LogP contribution in [0, 0.1) is 0 Å². The number of amides is 2. The van der Waals surface area contributed by atoms with Gasteiger partial charge < -0.3 is 14.2 Å². The Balaban J connectivity index is 1.74. The molecule has 3 N–H and O–H groups in total. The number of ether oxygens (including phenoxy) is 3. The number of halogens is 1. The van der Waals surface area contributed by atoms with Gasteiger partial charge in [0.15, 0.2) is 11.7 Å². The number of hydrazine groups is 1. The van der Waals surface area contributed by atoms with Crippen molar-refractivity contribution < 1.29 is 23.8 Å². The van der Waals surface area contributed by atoms with Gasteiger partial charge in [-0.05, 0) is 49.5 Å². The van der Waals surface area contributed by atoms with Crippen molar-refractivity contribution in [3.63, 3.8) is 0 Å². The molecule has 0 radical (unpaired) electrons. The third-order valence-corrected chi connectivity index (χ3v) is 4.05. The minimum Gasteiger partial charge on any atom is -0.491 e. The number of para-hydroxylation sites is 1. The van der Waals surface area contributed by atoms with Crippen LogP contribution < -0.4 is 25.6 Å². The first kappa shape index (κ1) is 23.4. The van der Waals surface area contributed by atoms with E-state index in [1.165, 1.54) is 0 Å². The number of carbonyl (C=O) groups excluding carboxylic acids is 2. The highest BCUT2D eigenvalue weighted by molar-refractivity contribution is 7.80. The average Bonchev–Trinajstić information content (AvgIpc) is 2.75. The lowest BCUT2D eigenvalue weighted by molar-refractivity contribution is -0.123. The van der Waals surface area contributed by atoms with Crippen molar-refractivity contribution in [2.45, 2.75) is 6.92 Å². The Hall–Kier alpha value is -2.88. The minimum atomic E-state index is -0.504. The van der Waals surface area contributed by atoms with Crippen molar-refractivity contribution in [2.24, 2.45) is 0 Å². The topological polar surface area (TPSA) is 97.9 Å². The molecular weight excluding hydrogens is 430 g/mol. The van der Waals surface area contributed by atoms with Gasteiger partial charge in [-0.15, -0.1) is 0 Å². The van der Waals surface area contributed by atoms with Crippen LogP contribution in [0.3, 0.4) is 0 Å². The molecule has 0 atom stereocenters. The number of thiocarbonyl (C=S) groups is 1. The number of rotatable bonds is 9. The molecule has 0 aliphatic carbocycles. The summed E-state index contributed by atoms with van der Waals surface area (Å²) in [5.41, 5.74) is 5.11. The smallest absolute Gasteiger partial charge is 0.276 e. The van der Waals surface area contributed by atoms with Crippen molar-refractivity contribution in [3.8, 4) is 11.5 Å².